The van der Waals surface area contributed by atoms with Crippen molar-refractivity contribution in [2.75, 3.05) is 18.5 Å². The molecule has 5 heteroatoms. The number of aromatic nitrogens is 1. The molecular formula is C16H20N4O. The number of amidine groups is 1. The van der Waals surface area contributed by atoms with Gasteiger partial charge in [0, 0.05) is 43.2 Å². The highest BCUT2D eigenvalue weighted by molar-refractivity contribution is 6.02. The van der Waals surface area contributed by atoms with Crippen LogP contribution >= 0.6 is 0 Å². The van der Waals surface area contributed by atoms with Crippen LogP contribution in [0.25, 0.3) is 0 Å². The lowest BCUT2D eigenvalue weighted by Crippen LogP contribution is -2.25. The quantitative estimate of drug-likeness (QED) is 0.382. The SMILES string of the molecule is Cc1ccc(C(N)=NO)c(N(C)CCc2ccccn2)c1. The second kappa shape index (κ2) is 6.74. The molecule has 2 aromatic rings. The van der Waals surface area contributed by atoms with Crippen molar-refractivity contribution in [3.63, 3.8) is 0 Å². The monoisotopic (exact) mass is 284 g/mol. The van der Waals surface area contributed by atoms with Crippen molar-refractivity contribution in [3.05, 3.63) is 59.4 Å². The maximum absolute atomic E-state index is 8.91. The molecule has 1 aromatic carbocycles. The first kappa shape index (κ1) is 14.8. The first-order valence-electron chi connectivity index (χ1n) is 6.81. The molecule has 0 amide bonds. The van der Waals surface area contributed by atoms with Gasteiger partial charge in [0.05, 0.1) is 0 Å². The summed E-state index contributed by atoms with van der Waals surface area (Å²) in [5.74, 6) is 0.120. The molecule has 0 fully saturated rings. The largest absolute Gasteiger partial charge is 0.409 e. The first-order chi connectivity index (χ1) is 10.1. The number of rotatable bonds is 5. The van der Waals surface area contributed by atoms with Gasteiger partial charge in [-0.25, -0.2) is 0 Å². The molecule has 1 aromatic heterocycles. The van der Waals surface area contributed by atoms with Gasteiger partial charge in [0.1, 0.15) is 0 Å². The standard InChI is InChI=1S/C16H20N4O/c1-12-6-7-14(16(17)19-21)15(11-12)20(2)10-8-13-5-3-4-9-18-13/h3-7,9,11,21H,8,10H2,1-2H3,(H2,17,19). The number of pyridine rings is 1. The molecule has 2 rings (SSSR count). The lowest BCUT2D eigenvalue weighted by molar-refractivity contribution is 0.318. The third-order valence-corrected chi connectivity index (χ3v) is 3.38. The van der Waals surface area contributed by atoms with E-state index in [1.54, 1.807) is 6.20 Å². The molecule has 0 aliphatic carbocycles. The molecule has 110 valence electrons. The molecular weight excluding hydrogens is 264 g/mol. The van der Waals surface area contributed by atoms with Gasteiger partial charge in [0.2, 0.25) is 0 Å². The highest BCUT2D eigenvalue weighted by Crippen LogP contribution is 2.21. The highest BCUT2D eigenvalue weighted by Gasteiger charge is 2.11. The van der Waals surface area contributed by atoms with E-state index in [1.807, 2.05) is 50.4 Å². The summed E-state index contributed by atoms with van der Waals surface area (Å²) in [6.45, 7) is 2.82. The fourth-order valence-corrected chi connectivity index (χ4v) is 2.18. The molecule has 0 spiro atoms. The number of nitrogens with zero attached hydrogens (tertiary/aromatic N) is 3. The molecule has 0 radical (unpaired) electrons. The Morgan fingerprint density at radius 1 is 1.33 bits per heavy atom. The Hall–Kier alpha value is -2.56. The van der Waals surface area contributed by atoms with Crippen molar-refractivity contribution in [3.8, 4) is 0 Å². The number of nitrogens with two attached hydrogens (primary N) is 1. The smallest absolute Gasteiger partial charge is 0.172 e. The summed E-state index contributed by atoms with van der Waals surface area (Å²) >= 11 is 0. The van der Waals surface area contributed by atoms with Crippen LogP contribution in [0.15, 0.2) is 47.8 Å². The van der Waals surface area contributed by atoms with Gasteiger partial charge in [-0.3, -0.25) is 4.98 Å². The van der Waals surface area contributed by atoms with Crippen LogP contribution in [0.3, 0.4) is 0 Å². The molecule has 0 aliphatic heterocycles. The van der Waals surface area contributed by atoms with Crippen molar-refractivity contribution in [2.24, 2.45) is 10.9 Å². The average molecular weight is 284 g/mol. The fourth-order valence-electron chi connectivity index (χ4n) is 2.18. The van der Waals surface area contributed by atoms with Crippen LogP contribution < -0.4 is 10.6 Å². The molecule has 0 atom stereocenters. The first-order valence-corrected chi connectivity index (χ1v) is 6.81. The van der Waals surface area contributed by atoms with Crippen molar-refractivity contribution in [2.45, 2.75) is 13.3 Å². The van der Waals surface area contributed by atoms with Gasteiger partial charge >= 0.3 is 0 Å². The molecule has 0 unspecified atom stereocenters. The molecule has 3 N–H and O–H groups in total. The van der Waals surface area contributed by atoms with Crippen LogP contribution in [-0.4, -0.2) is 29.6 Å². The maximum Gasteiger partial charge on any atom is 0.172 e. The van der Waals surface area contributed by atoms with E-state index in [-0.39, 0.29) is 5.84 Å². The summed E-state index contributed by atoms with van der Waals surface area (Å²) < 4.78 is 0. The Kier molecular flexibility index (Phi) is 4.77. The van der Waals surface area contributed by atoms with E-state index >= 15 is 0 Å². The minimum Gasteiger partial charge on any atom is -0.409 e. The van der Waals surface area contributed by atoms with Crippen molar-refractivity contribution < 1.29 is 5.21 Å². The number of anilines is 1. The minimum absolute atomic E-state index is 0.120. The van der Waals surface area contributed by atoms with Crippen LogP contribution in [-0.2, 0) is 6.42 Å². The molecule has 21 heavy (non-hydrogen) atoms. The molecule has 1 heterocycles. The predicted molar refractivity (Wildman–Crippen MR) is 84.9 cm³/mol. The zero-order valence-corrected chi connectivity index (χ0v) is 12.3. The van der Waals surface area contributed by atoms with Gasteiger partial charge in [-0.2, -0.15) is 0 Å². The van der Waals surface area contributed by atoms with E-state index in [2.05, 4.69) is 15.0 Å². The number of aryl methyl sites for hydroxylation is 1. The Labute approximate surface area is 124 Å². The van der Waals surface area contributed by atoms with Gasteiger partial charge in [-0.05, 0) is 36.8 Å². The second-order valence-corrected chi connectivity index (χ2v) is 5.00. The zero-order chi connectivity index (χ0) is 15.2. The molecule has 0 saturated carbocycles. The highest BCUT2D eigenvalue weighted by atomic mass is 16.4. The molecule has 0 bridgehead atoms. The number of benzene rings is 1. The van der Waals surface area contributed by atoms with Crippen LogP contribution in [0.4, 0.5) is 5.69 Å². The van der Waals surface area contributed by atoms with E-state index in [9.17, 15) is 0 Å². The summed E-state index contributed by atoms with van der Waals surface area (Å²) in [5.41, 5.74) is 9.60. The van der Waals surface area contributed by atoms with E-state index in [1.165, 1.54) is 0 Å². The third kappa shape index (κ3) is 3.72. The van der Waals surface area contributed by atoms with E-state index in [0.717, 1.165) is 35.5 Å². The van der Waals surface area contributed by atoms with E-state index in [4.69, 9.17) is 10.9 Å². The normalized spacial score (nSPS) is 11.4. The summed E-state index contributed by atoms with van der Waals surface area (Å²) in [7, 11) is 1.99. The number of oxime groups is 1. The lowest BCUT2D eigenvalue weighted by Gasteiger charge is -2.22. The van der Waals surface area contributed by atoms with Crippen LogP contribution in [0.1, 0.15) is 16.8 Å². The van der Waals surface area contributed by atoms with Crippen LogP contribution in [0.2, 0.25) is 0 Å². The number of hydrogen-bond donors (Lipinski definition) is 2. The lowest BCUT2D eigenvalue weighted by atomic mass is 10.1. The van der Waals surface area contributed by atoms with Gasteiger partial charge in [-0.1, -0.05) is 17.3 Å². The van der Waals surface area contributed by atoms with Crippen LogP contribution in [0, 0.1) is 6.92 Å². The summed E-state index contributed by atoms with van der Waals surface area (Å²) in [6.07, 6.45) is 2.63. The topological polar surface area (TPSA) is 74.7 Å². The van der Waals surface area contributed by atoms with E-state index in [0.29, 0.717) is 0 Å². The summed E-state index contributed by atoms with van der Waals surface area (Å²) in [5, 5.41) is 12.0. The predicted octanol–water partition coefficient (Wildman–Crippen LogP) is 2.16. The van der Waals surface area contributed by atoms with Gasteiger partial charge in [0.15, 0.2) is 5.84 Å². The van der Waals surface area contributed by atoms with Gasteiger partial charge < -0.3 is 15.8 Å². The minimum atomic E-state index is 0.120. The Morgan fingerprint density at radius 3 is 2.81 bits per heavy atom. The Morgan fingerprint density at radius 2 is 2.14 bits per heavy atom. The molecule has 0 aliphatic rings. The summed E-state index contributed by atoms with van der Waals surface area (Å²) in [6, 6.07) is 11.8. The maximum atomic E-state index is 8.91. The van der Waals surface area contributed by atoms with Crippen molar-refractivity contribution >= 4 is 11.5 Å². The number of hydrogen-bond acceptors (Lipinski definition) is 4. The molecule has 0 saturated heterocycles. The third-order valence-electron chi connectivity index (χ3n) is 3.38. The van der Waals surface area contributed by atoms with Gasteiger partial charge in [0.25, 0.3) is 0 Å². The Bertz CT molecular complexity index is 625. The van der Waals surface area contributed by atoms with Crippen LogP contribution in [0.5, 0.6) is 0 Å². The second-order valence-electron chi connectivity index (χ2n) is 5.00. The average Bonchev–Trinajstić information content (AvgIpc) is 2.52. The Balaban J connectivity index is 2.18. The van der Waals surface area contributed by atoms with E-state index < -0.39 is 0 Å². The zero-order valence-electron chi connectivity index (χ0n) is 12.3. The van der Waals surface area contributed by atoms with Gasteiger partial charge in [-0.15, -0.1) is 0 Å². The number of likely N-dealkylation sites (N-methyl/N-ethyl adjacent to an activating group) is 1. The van der Waals surface area contributed by atoms with Crippen molar-refractivity contribution in [1.82, 2.24) is 4.98 Å². The summed E-state index contributed by atoms with van der Waals surface area (Å²) in [4.78, 5) is 6.41. The molecule has 5 nitrogen and oxygen atoms in total. The van der Waals surface area contributed by atoms with Crippen molar-refractivity contribution in [1.29, 1.82) is 0 Å². The fraction of sp³-hybridized carbons (Fsp3) is 0.250.